The highest BCUT2D eigenvalue weighted by atomic mass is 32.2. The molecule has 4 nitrogen and oxygen atoms in total. The van der Waals surface area contributed by atoms with E-state index in [0.717, 1.165) is 6.20 Å². The molecule has 0 atom stereocenters. The topological polar surface area (TPSA) is 63.3 Å². The first kappa shape index (κ1) is 12.6. The van der Waals surface area contributed by atoms with Gasteiger partial charge in [0, 0.05) is 10.5 Å². The van der Waals surface area contributed by atoms with E-state index in [2.05, 4.69) is 5.16 Å². The van der Waals surface area contributed by atoms with Crippen LogP contribution in [0.4, 0.5) is 8.78 Å². The van der Waals surface area contributed by atoms with Crippen LogP contribution in [0.25, 0.3) is 11.3 Å². The van der Waals surface area contributed by atoms with Gasteiger partial charge < -0.3 is 9.63 Å². The lowest BCUT2D eigenvalue weighted by molar-refractivity contribution is 0.0697. The smallest absolute Gasteiger partial charge is 0.341 e. The molecule has 94 valence electrons. The van der Waals surface area contributed by atoms with Gasteiger partial charge in [-0.15, -0.1) is 0 Å². The van der Waals surface area contributed by atoms with Crippen LogP contribution in [0.1, 0.15) is 10.4 Å². The normalized spacial score (nSPS) is 10.8. The fourth-order valence-electron chi connectivity index (χ4n) is 1.39. The molecule has 0 radical (unpaired) electrons. The second kappa shape index (κ2) is 5.18. The molecule has 2 rings (SSSR count). The Bertz CT molecular complexity index is 554. The van der Waals surface area contributed by atoms with E-state index in [-0.39, 0.29) is 11.3 Å². The second-order valence-electron chi connectivity index (χ2n) is 3.28. The van der Waals surface area contributed by atoms with Crippen molar-refractivity contribution in [2.24, 2.45) is 0 Å². The number of thioether (sulfide) groups is 1. The third kappa shape index (κ3) is 2.67. The van der Waals surface area contributed by atoms with Crippen molar-refractivity contribution in [1.29, 1.82) is 0 Å². The number of nitrogens with zero attached hydrogens (tertiary/aromatic N) is 1. The van der Waals surface area contributed by atoms with Gasteiger partial charge >= 0.3 is 5.97 Å². The quantitative estimate of drug-likeness (QED) is 0.864. The maximum absolute atomic E-state index is 12.1. The summed E-state index contributed by atoms with van der Waals surface area (Å²) in [6.45, 7) is 0. The van der Waals surface area contributed by atoms with Crippen molar-refractivity contribution in [3.05, 3.63) is 36.0 Å². The van der Waals surface area contributed by atoms with Gasteiger partial charge in [0.05, 0.1) is 6.20 Å². The Labute approximate surface area is 105 Å². The van der Waals surface area contributed by atoms with Crippen LogP contribution in [-0.2, 0) is 0 Å². The van der Waals surface area contributed by atoms with Crippen molar-refractivity contribution < 1.29 is 23.2 Å². The van der Waals surface area contributed by atoms with Gasteiger partial charge in [-0.2, -0.15) is 8.78 Å². The number of carboxylic acid groups (broad SMARTS) is 1. The van der Waals surface area contributed by atoms with Crippen LogP contribution in [-0.4, -0.2) is 22.0 Å². The Kier molecular flexibility index (Phi) is 3.61. The molecule has 2 aromatic rings. The van der Waals surface area contributed by atoms with Gasteiger partial charge in [-0.3, -0.25) is 0 Å². The van der Waals surface area contributed by atoms with Crippen molar-refractivity contribution in [3.63, 3.8) is 0 Å². The standard InChI is InChI=1S/C11H7F2NO3S/c12-11(13)18-7-3-1-6(2-4-7)9-8(10(15)16)5-14-17-9/h1-5,11H,(H,15,16). The zero-order valence-electron chi connectivity index (χ0n) is 8.84. The molecule has 0 aliphatic carbocycles. The Hall–Kier alpha value is -1.89. The van der Waals surface area contributed by atoms with Crippen LogP contribution in [0.2, 0.25) is 0 Å². The third-order valence-corrected chi connectivity index (χ3v) is 2.87. The summed E-state index contributed by atoms with van der Waals surface area (Å²) in [5.41, 5.74) is 0.410. The van der Waals surface area contributed by atoms with Crippen molar-refractivity contribution in [2.75, 3.05) is 0 Å². The number of carbonyl (C=O) groups is 1. The number of carboxylic acids is 1. The van der Waals surface area contributed by atoms with Crippen LogP contribution in [0.5, 0.6) is 0 Å². The van der Waals surface area contributed by atoms with E-state index >= 15 is 0 Å². The molecule has 0 spiro atoms. The van der Waals surface area contributed by atoms with E-state index in [1.165, 1.54) is 24.3 Å². The minimum Gasteiger partial charge on any atom is -0.477 e. The molecule has 0 aliphatic heterocycles. The minimum absolute atomic E-state index is 0.0655. The molecule has 0 amide bonds. The van der Waals surface area contributed by atoms with E-state index in [4.69, 9.17) is 9.63 Å². The molecule has 1 aromatic carbocycles. The van der Waals surface area contributed by atoms with Crippen LogP contribution >= 0.6 is 11.8 Å². The average Bonchev–Trinajstić information content (AvgIpc) is 2.78. The summed E-state index contributed by atoms with van der Waals surface area (Å²) in [5, 5.41) is 12.3. The number of aromatic nitrogens is 1. The molecule has 1 N–H and O–H groups in total. The predicted octanol–water partition coefficient (Wildman–Crippen LogP) is 3.35. The molecule has 0 unspecified atom stereocenters. The molecule has 0 saturated heterocycles. The van der Waals surface area contributed by atoms with Crippen molar-refractivity contribution in [3.8, 4) is 11.3 Å². The maximum Gasteiger partial charge on any atom is 0.341 e. The van der Waals surface area contributed by atoms with Gasteiger partial charge in [0.1, 0.15) is 5.56 Å². The highest BCUT2D eigenvalue weighted by molar-refractivity contribution is 7.99. The van der Waals surface area contributed by atoms with E-state index in [9.17, 15) is 13.6 Å². The molecule has 1 heterocycles. The summed E-state index contributed by atoms with van der Waals surface area (Å²) in [7, 11) is 0. The molecule has 0 aliphatic rings. The van der Waals surface area contributed by atoms with Gasteiger partial charge in [0.2, 0.25) is 0 Å². The molecule has 18 heavy (non-hydrogen) atoms. The van der Waals surface area contributed by atoms with Gasteiger partial charge in [-0.05, 0) is 24.3 Å². The van der Waals surface area contributed by atoms with Crippen molar-refractivity contribution >= 4 is 17.7 Å². The van der Waals surface area contributed by atoms with Crippen molar-refractivity contribution in [1.82, 2.24) is 5.16 Å². The molecular formula is C11H7F2NO3S. The van der Waals surface area contributed by atoms with E-state index in [1.54, 1.807) is 0 Å². The van der Waals surface area contributed by atoms with Crippen molar-refractivity contribution in [2.45, 2.75) is 10.7 Å². The largest absolute Gasteiger partial charge is 0.477 e. The first-order valence-electron chi connectivity index (χ1n) is 4.81. The molecule has 1 aromatic heterocycles. The number of benzene rings is 1. The number of hydrogen-bond acceptors (Lipinski definition) is 4. The fourth-order valence-corrected chi connectivity index (χ4v) is 1.89. The molecule has 0 bridgehead atoms. The van der Waals surface area contributed by atoms with E-state index in [1.807, 2.05) is 0 Å². The average molecular weight is 271 g/mol. The van der Waals surface area contributed by atoms with E-state index in [0.29, 0.717) is 22.2 Å². The zero-order chi connectivity index (χ0) is 13.1. The Balaban J connectivity index is 2.29. The summed E-state index contributed by atoms with van der Waals surface area (Å²) in [6, 6.07) is 5.97. The second-order valence-corrected chi connectivity index (χ2v) is 4.34. The van der Waals surface area contributed by atoms with E-state index < -0.39 is 11.7 Å². The zero-order valence-corrected chi connectivity index (χ0v) is 9.66. The number of aromatic carboxylic acids is 1. The Morgan fingerprint density at radius 1 is 1.33 bits per heavy atom. The molecule has 0 fully saturated rings. The minimum atomic E-state index is -2.49. The first-order valence-corrected chi connectivity index (χ1v) is 5.69. The number of alkyl halides is 2. The SMILES string of the molecule is O=C(O)c1cnoc1-c1ccc(SC(F)F)cc1. The summed E-state index contributed by atoms with van der Waals surface area (Å²) in [4.78, 5) is 11.3. The van der Waals surface area contributed by atoms with Crippen LogP contribution in [0.3, 0.4) is 0 Å². The summed E-state index contributed by atoms with van der Waals surface area (Å²) >= 11 is 0.419. The number of rotatable bonds is 4. The molecular weight excluding hydrogens is 264 g/mol. The first-order chi connectivity index (χ1) is 8.58. The summed E-state index contributed by atoms with van der Waals surface area (Å²) in [6.07, 6.45) is 1.10. The van der Waals surface area contributed by atoms with Gasteiger partial charge in [0.15, 0.2) is 5.76 Å². The Morgan fingerprint density at radius 3 is 2.56 bits per heavy atom. The third-order valence-electron chi connectivity index (χ3n) is 2.14. The van der Waals surface area contributed by atoms with Crippen LogP contribution in [0, 0.1) is 0 Å². The lowest BCUT2D eigenvalue weighted by Crippen LogP contribution is -1.95. The molecule has 0 saturated carbocycles. The Morgan fingerprint density at radius 2 is 2.00 bits per heavy atom. The number of halogens is 2. The van der Waals surface area contributed by atoms with Gasteiger partial charge in [-0.1, -0.05) is 16.9 Å². The summed E-state index contributed by atoms with van der Waals surface area (Å²) < 4.78 is 29.1. The highest BCUT2D eigenvalue weighted by Crippen LogP contribution is 2.29. The highest BCUT2D eigenvalue weighted by Gasteiger charge is 2.16. The van der Waals surface area contributed by atoms with Gasteiger partial charge in [-0.25, -0.2) is 4.79 Å². The van der Waals surface area contributed by atoms with Crippen LogP contribution in [0.15, 0.2) is 39.9 Å². The lowest BCUT2D eigenvalue weighted by atomic mass is 10.1. The predicted molar refractivity (Wildman–Crippen MR) is 60.8 cm³/mol. The molecule has 7 heteroatoms. The maximum atomic E-state index is 12.1. The monoisotopic (exact) mass is 271 g/mol. The lowest BCUT2D eigenvalue weighted by Gasteiger charge is -2.01. The fraction of sp³-hybridized carbons (Fsp3) is 0.0909. The van der Waals surface area contributed by atoms with Crippen LogP contribution < -0.4 is 0 Å². The number of hydrogen-bond donors (Lipinski definition) is 1. The summed E-state index contributed by atoms with van der Waals surface area (Å²) in [5.74, 6) is -3.54. The van der Waals surface area contributed by atoms with Gasteiger partial charge in [0.25, 0.3) is 5.76 Å².